The first-order valence-corrected chi connectivity index (χ1v) is 20.4. The summed E-state index contributed by atoms with van der Waals surface area (Å²) in [6, 6.07) is 9.74. The van der Waals surface area contributed by atoms with Crippen LogP contribution in [0.15, 0.2) is 96.5 Å². The number of fused-ring (bicyclic) bond motifs is 3. The molecule has 0 spiro atoms. The summed E-state index contributed by atoms with van der Waals surface area (Å²) in [5.41, 5.74) is -2.64. The van der Waals surface area contributed by atoms with Gasteiger partial charge in [-0.2, -0.15) is 0 Å². The Morgan fingerprint density at radius 2 is 1.28 bits per heavy atom. The third kappa shape index (κ3) is 11.7. The molecular weight excluding hydrogens is 966 g/mol. The quantitative estimate of drug-likeness (QED) is 0.0813. The van der Waals surface area contributed by atoms with Crippen LogP contribution in [0, 0.1) is 0 Å². The van der Waals surface area contributed by atoms with E-state index >= 15 is 0 Å². The molecule has 1 heterocycles. The zero-order chi connectivity index (χ0) is 39.7. The summed E-state index contributed by atoms with van der Waals surface area (Å²) in [7, 11) is -21.9. The van der Waals surface area contributed by atoms with Crippen LogP contribution in [0.4, 0.5) is 17.1 Å². The van der Waals surface area contributed by atoms with Crippen molar-refractivity contribution >= 4 is 119 Å². The molecule has 6 rings (SSSR count). The maximum Gasteiger partial charge on any atom is 1.00 e. The van der Waals surface area contributed by atoms with Crippen LogP contribution in [-0.4, -0.2) is 72.9 Å². The first-order chi connectivity index (χ1) is 24.9. The van der Waals surface area contributed by atoms with Crippen molar-refractivity contribution in [1.29, 1.82) is 0 Å². The predicted octanol–water partition coefficient (Wildman–Crippen LogP) is -7.75. The Labute approximate surface area is 467 Å². The molecule has 2 N–H and O–H groups in total. The molecule has 29 heteroatoms. The Kier molecular flexibility index (Phi) is 19.2. The fraction of sp³-hybridized carbons (Fsp3) is 0. The van der Waals surface area contributed by atoms with Crippen LogP contribution in [0.5, 0.6) is 5.75 Å². The maximum atomic E-state index is 13.4. The number of carbonyl (C=O) groups is 1. The molecule has 0 radical (unpaired) electrons. The van der Waals surface area contributed by atoms with Gasteiger partial charge in [0, 0.05) is 21.7 Å². The van der Waals surface area contributed by atoms with Gasteiger partial charge in [-0.3, -0.25) is 4.79 Å². The van der Waals surface area contributed by atoms with Crippen LogP contribution in [0.25, 0.3) is 32.6 Å². The number of phenols is 1. The molecule has 19 nitrogen and oxygen atoms in total. The third-order valence-corrected chi connectivity index (χ3v) is 11.6. The molecule has 0 bridgehead atoms. The molecule has 58 heavy (non-hydrogen) atoms. The van der Waals surface area contributed by atoms with E-state index in [1.165, 1.54) is 18.2 Å². The van der Waals surface area contributed by atoms with Gasteiger partial charge in [0.25, 0.3) is 5.91 Å². The molecule has 0 fully saturated rings. The van der Waals surface area contributed by atoms with Crippen LogP contribution < -0.4 is 167 Å². The molecule has 0 atom stereocenters. The fourth-order valence-corrected chi connectivity index (χ4v) is 8.24. The van der Waals surface area contributed by atoms with Crippen molar-refractivity contribution in [2.75, 3.05) is 5.32 Å². The summed E-state index contributed by atoms with van der Waals surface area (Å²) < 4.78 is 146. The number of benzene rings is 5. The number of azo groups is 1. The summed E-state index contributed by atoms with van der Waals surface area (Å²) in [6.07, 6.45) is 0. The monoisotopic (exact) mass is 977 g/mol. The minimum atomic E-state index is -5.69. The fourth-order valence-electron chi connectivity index (χ4n) is 5.29. The van der Waals surface area contributed by atoms with Crippen molar-refractivity contribution in [3.63, 3.8) is 0 Å². The third-order valence-electron chi connectivity index (χ3n) is 7.50. The van der Waals surface area contributed by atoms with Gasteiger partial charge < -0.3 is 28.6 Å². The van der Waals surface area contributed by atoms with Gasteiger partial charge in [0.1, 0.15) is 51.8 Å². The molecule has 0 unspecified atom stereocenters. The SMILES string of the molecule is O=C(Nc1cc(S(=O)(=O)[O-])cc2cc(S(=O)(=O)[O-])c(N=Nc3ccc4c(S(=O)(=O)[O-])cccc4c3S(=O)(=O)[O-])c(O)c12)c1ccc2nc(Cl)c(Cl)nc2c1.[K+].[K+].[Na+].[Na+]. The van der Waals surface area contributed by atoms with E-state index in [0.29, 0.717) is 18.2 Å². The molecule has 0 saturated carbocycles. The Hall–Kier alpha value is 0.323. The zero-order valence-corrected chi connectivity index (χ0v) is 44.8. The van der Waals surface area contributed by atoms with E-state index in [-0.39, 0.29) is 189 Å². The summed E-state index contributed by atoms with van der Waals surface area (Å²) in [5, 5.41) is 18.0. The number of aromatic hydroxyl groups is 1. The van der Waals surface area contributed by atoms with Crippen molar-refractivity contribution < 1.29 is 224 Å². The average Bonchev–Trinajstić information content (AvgIpc) is 3.05. The number of amides is 1. The Morgan fingerprint density at radius 1 is 0.672 bits per heavy atom. The van der Waals surface area contributed by atoms with Gasteiger partial charge in [-0.1, -0.05) is 41.4 Å². The number of anilines is 1. The second-order valence-electron chi connectivity index (χ2n) is 10.9. The molecule has 1 amide bonds. The Balaban J connectivity index is 0.00000290. The zero-order valence-electron chi connectivity index (χ0n) is 29.8. The van der Waals surface area contributed by atoms with Crippen molar-refractivity contribution in [3.05, 3.63) is 82.6 Å². The largest absolute Gasteiger partial charge is 1.00 e. The molecule has 0 aliphatic heterocycles. The molecule has 0 aliphatic carbocycles. The molecule has 6 aromatic rings. The molecule has 5 aromatic carbocycles. The second kappa shape index (κ2) is 20.4. The molecule has 1 aromatic heterocycles. The number of carbonyl (C=O) groups excluding carboxylic acids is 1. The number of phenolic OH excluding ortho intramolecular Hbond substituents is 1. The number of hydrogen-bond acceptors (Lipinski definition) is 18. The van der Waals surface area contributed by atoms with E-state index < -0.39 is 110 Å². The van der Waals surface area contributed by atoms with Crippen molar-refractivity contribution in [2.45, 2.75) is 19.6 Å². The number of aromatic nitrogens is 2. The van der Waals surface area contributed by atoms with Crippen LogP contribution in [0.3, 0.4) is 0 Å². The van der Waals surface area contributed by atoms with E-state index in [1.807, 2.05) is 0 Å². The predicted molar refractivity (Wildman–Crippen MR) is 183 cm³/mol. The van der Waals surface area contributed by atoms with Crippen molar-refractivity contribution in [3.8, 4) is 5.75 Å². The van der Waals surface area contributed by atoms with Crippen molar-refractivity contribution in [2.24, 2.45) is 10.2 Å². The number of rotatable bonds is 8. The molecular formula is C29H13Cl2K2N5Na2O14S4. The van der Waals surface area contributed by atoms with Gasteiger partial charge in [0.05, 0.1) is 36.3 Å². The van der Waals surface area contributed by atoms with E-state index in [2.05, 4.69) is 25.5 Å². The summed E-state index contributed by atoms with van der Waals surface area (Å²) >= 11 is 11.8. The number of hydrogen-bond donors (Lipinski definition) is 2. The molecule has 280 valence electrons. The van der Waals surface area contributed by atoms with E-state index in [9.17, 15) is 61.8 Å². The van der Waals surface area contributed by atoms with Crippen LogP contribution >= 0.6 is 23.2 Å². The van der Waals surface area contributed by atoms with Gasteiger partial charge in [0.15, 0.2) is 16.1 Å². The topological polar surface area (TPSA) is 329 Å². The number of nitrogens with zero attached hydrogens (tertiary/aromatic N) is 4. The molecule has 0 aliphatic rings. The standard InChI is InChI=1S/C29H17Cl2N5O14S4.2K.2Na/c30-27-28(31)33-19-9-12(4-6-17(19)32-27)29(38)34-20-11-14(51(39,40)41)8-13-10-22(53(45,46)47)24(25(37)23(13)20)36-35-18-7-5-15-16(26(18)54(48,49)50)2-1-3-21(15)52(42,43)44;;;;/h1-11,37H,(H,34,38)(H,39,40,41)(H,42,43,44)(H,45,46,47)(H,48,49,50);;;;/q;4*+1/p-4. The van der Waals surface area contributed by atoms with Gasteiger partial charge in [0.2, 0.25) is 0 Å². The summed E-state index contributed by atoms with van der Waals surface area (Å²) in [4.78, 5) is 16.8. The first kappa shape index (κ1) is 54.5. The van der Waals surface area contributed by atoms with Crippen LogP contribution in [0.2, 0.25) is 10.3 Å². The van der Waals surface area contributed by atoms with Gasteiger partial charge >= 0.3 is 162 Å². The minimum absolute atomic E-state index is 0. The maximum absolute atomic E-state index is 13.4. The number of halogens is 2. The van der Waals surface area contributed by atoms with Crippen LogP contribution in [0.1, 0.15) is 10.4 Å². The van der Waals surface area contributed by atoms with Gasteiger partial charge in [-0.15, -0.1) is 10.2 Å². The van der Waals surface area contributed by atoms with Crippen molar-refractivity contribution in [1.82, 2.24) is 9.97 Å². The van der Waals surface area contributed by atoms with Crippen LogP contribution in [-0.2, 0) is 40.5 Å². The minimum Gasteiger partial charge on any atom is -0.744 e. The van der Waals surface area contributed by atoms with E-state index in [4.69, 9.17) is 23.2 Å². The van der Waals surface area contributed by atoms with Gasteiger partial charge in [-0.05, 0) is 53.9 Å². The second-order valence-corrected chi connectivity index (χ2v) is 17.0. The number of nitrogens with one attached hydrogen (secondary N) is 1. The normalized spacial score (nSPS) is 12.0. The Bertz CT molecular complexity index is 3170. The van der Waals surface area contributed by atoms with E-state index in [0.717, 1.165) is 30.3 Å². The smallest absolute Gasteiger partial charge is 0.744 e. The summed E-state index contributed by atoms with van der Waals surface area (Å²) in [5.74, 6) is -2.32. The molecule has 0 saturated heterocycles. The van der Waals surface area contributed by atoms with Gasteiger partial charge in [-0.25, -0.2) is 43.6 Å². The average molecular weight is 979 g/mol. The Morgan fingerprint density at radius 3 is 1.84 bits per heavy atom. The summed E-state index contributed by atoms with van der Waals surface area (Å²) in [6.45, 7) is 0. The van der Waals surface area contributed by atoms with E-state index in [1.54, 1.807) is 0 Å². The first-order valence-electron chi connectivity index (χ1n) is 14.0.